The Morgan fingerprint density at radius 1 is 0.923 bits per heavy atom. The van der Waals surface area contributed by atoms with Crippen LogP contribution in [-0.4, -0.2) is 40.5 Å². The van der Waals surface area contributed by atoms with Crippen LogP contribution in [0.4, 0.5) is 0 Å². The summed E-state index contributed by atoms with van der Waals surface area (Å²) in [6.45, 7) is 2.49. The average Bonchev–Trinajstić information content (AvgIpc) is 2.61. The predicted octanol–water partition coefficient (Wildman–Crippen LogP) is 2.88. The number of nitrogens with zero attached hydrogens (tertiary/aromatic N) is 1. The third-order valence-corrected chi connectivity index (χ3v) is 7.61. The van der Waals surface area contributed by atoms with Gasteiger partial charge in [-0.3, -0.25) is 0 Å². The highest BCUT2D eigenvalue weighted by Gasteiger charge is 2.28. The second kappa shape index (κ2) is 6.98. The van der Waals surface area contributed by atoms with E-state index in [0.29, 0.717) is 17.9 Å². The van der Waals surface area contributed by atoms with Crippen LogP contribution in [0, 0.1) is 6.92 Å². The number of hydrogen-bond donors (Lipinski definition) is 0. The Labute approximate surface area is 154 Å². The first-order valence-electron chi connectivity index (χ1n) is 8.25. The number of sulfonamides is 1. The summed E-state index contributed by atoms with van der Waals surface area (Å²) in [7, 11) is -6.82. The lowest BCUT2D eigenvalue weighted by atomic mass is 10.0. The average molecular weight is 392 g/mol. The molecule has 0 amide bonds. The molecule has 0 radical (unpaired) electrons. The maximum atomic E-state index is 13.0. The molecule has 1 aliphatic heterocycles. The van der Waals surface area contributed by atoms with E-state index in [1.165, 1.54) is 10.6 Å². The van der Waals surface area contributed by atoms with Gasteiger partial charge in [-0.2, -0.15) is 4.31 Å². The van der Waals surface area contributed by atoms with Crippen molar-refractivity contribution in [3.05, 3.63) is 65.7 Å². The smallest absolute Gasteiger partial charge is 0.224 e. The largest absolute Gasteiger partial charge is 0.243 e. The topological polar surface area (TPSA) is 71.5 Å². The van der Waals surface area contributed by atoms with Crippen molar-refractivity contribution in [2.24, 2.45) is 0 Å². The minimum Gasteiger partial charge on any atom is -0.224 e. The molecular weight excluding hydrogens is 370 g/mol. The van der Waals surface area contributed by atoms with Gasteiger partial charge in [-0.1, -0.05) is 36.4 Å². The summed E-state index contributed by atoms with van der Waals surface area (Å²) in [5, 5.41) is 0. The van der Waals surface area contributed by atoms with Crippen LogP contribution in [0.5, 0.6) is 0 Å². The van der Waals surface area contributed by atoms with Crippen LogP contribution in [0.15, 0.2) is 64.4 Å². The van der Waals surface area contributed by atoms with Crippen molar-refractivity contribution in [1.29, 1.82) is 0 Å². The second-order valence-electron chi connectivity index (χ2n) is 6.42. The standard InChI is InChI=1S/C19H21NO4S2/c1-15-6-3-4-8-19(15)26(23,24)20-13-5-7-17(14-20)16-9-11-18(12-10-16)25(2,21)22/h3-4,6-12H,5,13-14H2,1-2H3. The summed E-state index contributed by atoms with van der Waals surface area (Å²) >= 11 is 0. The molecule has 0 spiro atoms. The van der Waals surface area contributed by atoms with E-state index in [9.17, 15) is 16.8 Å². The molecule has 0 aromatic heterocycles. The van der Waals surface area contributed by atoms with E-state index >= 15 is 0 Å². The van der Waals surface area contributed by atoms with Gasteiger partial charge in [0.05, 0.1) is 9.79 Å². The maximum absolute atomic E-state index is 13.0. The Morgan fingerprint density at radius 3 is 2.19 bits per heavy atom. The molecule has 0 bridgehead atoms. The van der Waals surface area contributed by atoms with Gasteiger partial charge in [0.1, 0.15) is 0 Å². The van der Waals surface area contributed by atoms with Crippen LogP contribution in [0.25, 0.3) is 5.57 Å². The Balaban J connectivity index is 1.88. The first-order valence-corrected chi connectivity index (χ1v) is 11.6. The van der Waals surface area contributed by atoms with Gasteiger partial charge >= 0.3 is 0 Å². The van der Waals surface area contributed by atoms with Gasteiger partial charge in [-0.05, 0) is 48.2 Å². The van der Waals surface area contributed by atoms with Gasteiger partial charge in [0.2, 0.25) is 10.0 Å². The Bertz CT molecular complexity index is 1050. The molecular formula is C19H21NO4S2. The molecule has 0 saturated heterocycles. The first kappa shape index (κ1) is 18.8. The zero-order chi connectivity index (χ0) is 18.9. The van der Waals surface area contributed by atoms with E-state index in [1.54, 1.807) is 49.4 Å². The van der Waals surface area contributed by atoms with Crippen molar-refractivity contribution >= 4 is 25.4 Å². The molecule has 3 rings (SSSR count). The fourth-order valence-corrected chi connectivity index (χ4v) is 5.32. The zero-order valence-corrected chi connectivity index (χ0v) is 16.3. The Hall–Kier alpha value is -1.96. The third kappa shape index (κ3) is 3.75. The van der Waals surface area contributed by atoms with Crippen LogP contribution >= 0.6 is 0 Å². The van der Waals surface area contributed by atoms with E-state index in [1.807, 2.05) is 12.1 Å². The number of aryl methyl sites for hydroxylation is 1. The summed E-state index contributed by atoms with van der Waals surface area (Å²) in [5.41, 5.74) is 2.44. The number of rotatable bonds is 4. The van der Waals surface area contributed by atoms with E-state index in [0.717, 1.165) is 16.7 Å². The van der Waals surface area contributed by atoms with Crippen LogP contribution in [-0.2, 0) is 19.9 Å². The molecule has 26 heavy (non-hydrogen) atoms. The van der Waals surface area contributed by atoms with E-state index in [4.69, 9.17) is 0 Å². The molecule has 2 aromatic carbocycles. The molecule has 7 heteroatoms. The fourth-order valence-electron chi connectivity index (χ4n) is 3.03. The molecule has 0 saturated carbocycles. The van der Waals surface area contributed by atoms with Crippen molar-refractivity contribution in [2.75, 3.05) is 19.3 Å². The lowest BCUT2D eigenvalue weighted by Crippen LogP contribution is -2.35. The molecule has 0 aliphatic carbocycles. The van der Waals surface area contributed by atoms with E-state index in [2.05, 4.69) is 0 Å². The summed E-state index contributed by atoms with van der Waals surface area (Å²) < 4.78 is 50.6. The second-order valence-corrected chi connectivity index (χ2v) is 10.3. The van der Waals surface area contributed by atoms with Crippen LogP contribution in [0.3, 0.4) is 0 Å². The predicted molar refractivity (Wildman–Crippen MR) is 102 cm³/mol. The maximum Gasteiger partial charge on any atom is 0.243 e. The van der Waals surface area contributed by atoms with Gasteiger partial charge < -0.3 is 0 Å². The normalized spacial score (nSPS) is 16.3. The zero-order valence-electron chi connectivity index (χ0n) is 14.7. The molecule has 2 aromatic rings. The first-order chi connectivity index (χ1) is 12.2. The molecule has 0 unspecified atom stereocenters. The highest BCUT2D eigenvalue weighted by molar-refractivity contribution is 7.90. The number of hydrogen-bond acceptors (Lipinski definition) is 4. The Morgan fingerprint density at radius 2 is 1.58 bits per heavy atom. The lowest BCUT2D eigenvalue weighted by Gasteiger charge is -2.27. The molecule has 0 atom stereocenters. The number of sulfone groups is 1. The van der Waals surface area contributed by atoms with Crippen molar-refractivity contribution in [2.45, 2.75) is 23.1 Å². The summed E-state index contributed by atoms with van der Waals surface area (Å²) in [5.74, 6) is 0. The number of benzene rings is 2. The van der Waals surface area contributed by atoms with Crippen molar-refractivity contribution in [3.63, 3.8) is 0 Å². The summed E-state index contributed by atoms with van der Waals surface area (Å²) in [6, 6.07) is 13.5. The minimum absolute atomic E-state index is 0.252. The van der Waals surface area contributed by atoms with Crippen LogP contribution < -0.4 is 0 Å². The summed E-state index contributed by atoms with van der Waals surface area (Å²) in [4.78, 5) is 0.579. The Kier molecular flexibility index (Phi) is 5.05. The molecule has 1 aliphatic rings. The highest BCUT2D eigenvalue weighted by atomic mass is 32.2. The molecule has 5 nitrogen and oxygen atoms in total. The van der Waals surface area contributed by atoms with Gasteiger partial charge in [0.25, 0.3) is 0 Å². The van der Waals surface area contributed by atoms with Gasteiger partial charge in [0.15, 0.2) is 9.84 Å². The third-order valence-electron chi connectivity index (χ3n) is 4.48. The van der Waals surface area contributed by atoms with Crippen molar-refractivity contribution < 1.29 is 16.8 Å². The molecule has 138 valence electrons. The fraction of sp³-hybridized carbons (Fsp3) is 0.263. The van der Waals surface area contributed by atoms with Crippen LogP contribution in [0.2, 0.25) is 0 Å². The van der Waals surface area contributed by atoms with Gasteiger partial charge in [-0.15, -0.1) is 0 Å². The quantitative estimate of drug-likeness (QED) is 0.803. The monoisotopic (exact) mass is 391 g/mol. The van der Waals surface area contributed by atoms with E-state index in [-0.39, 0.29) is 11.4 Å². The molecule has 1 heterocycles. The molecule has 0 N–H and O–H groups in total. The van der Waals surface area contributed by atoms with Crippen LogP contribution in [0.1, 0.15) is 17.5 Å². The van der Waals surface area contributed by atoms with Crippen molar-refractivity contribution in [3.8, 4) is 0 Å². The SMILES string of the molecule is Cc1ccccc1S(=O)(=O)N1CCC=C(c2ccc(S(C)(=O)=O)cc2)C1. The highest BCUT2D eigenvalue weighted by Crippen LogP contribution is 2.27. The van der Waals surface area contributed by atoms with Gasteiger partial charge in [0, 0.05) is 19.3 Å². The minimum atomic E-state index is -3.57. The lowest BCUT2D eigenvalue weighted by molar-refractivity contribution is 0.442. The van der Waals surface area contributed by atoms with Crippen molar-refractivity contribution in [1.82, 2.24) is 4.31 Å². The van der Waals surface area contributed by atoms with Gasteiger partial charge in [-0.25, -0.2) is 16.8 Å². The summed E-state index contributed by atoms with van der Waals surface area (Å²) in [6.07, 6.45) is 3.80. The molecule has 0 fully saturated rings. The van der Waals surface area contributed by atoms with E-state index < -0.39 is 19.9 Å².